The van der Waals surface area contributed by atoms with Crippen molar-refractivity contribution in [2.75, 3.05) is 5.75 Å². The number of hydrogen-bond acceptors (Lipinski definition) is 4. The van der Waals surface area contributed by atoms with Gasteiger partial charge in [-0.3, -0.25) is 0 Å². The van der Waals surface area contributed by atoms with E-state index in [1.54, 1.807) is 7.05 Å². The van der Waals surface area contributed by atoms with Crippen LogP contribution in [0.25, 0.3) is 22.7 Å². The summed E-state index contributed by atoms with van der Waals surface area (Å²) in [5, 5.41) is 0.808. The Kier molecular flexibility index (Phi) is 9.27. The number of rotatable bonds is 5. The summed E-state index contributed by atoms with van der Waals surface area (Å²) in [6, 6.07) is 0.717. The molecule has 0 radical (unpaired) electrons. The fraction of sp³-hybridized carbons (Fsp3) is 0.400. The van der Waals surface area contributed by atoms with Crippen molar-refractivity contribution in [2.24, 2.45) is 14.1 Å². The van der Waals surface area contributed by atoms with E-state index < -0.39 is 33.8 Å². The molecule has 3 aromatic heterocycles. The summed E-state index contributed by atoms with van der Waals surface area (Å²) in [5.41, 5.74) is -0.618. The van der Waals surface area contributed by atoms with Crippen molar-refractivity contribution in [2.45, 2.75) is 24.0 Å². The molecule has 0 amide bonds. The van der Waals surface area contributed by atoms with Gasteiger partial charge in [-0.1, -0.05) is 0 Å². The second-order valence-electron chi connectivity index (χ2n) is 5.94. The second kappa shape index (κ2) is 10.1. The molecule has 0 aromatic carbocycles. The molecule has 3 heterocycles. The molecular formula is C15H13Cl2F5LiN5SZn. The summed E-state index contributed by atoms with van der Waals surface area (Å²) in [5.74, 6) is -3.93. The molecule has 0 aliphatic carbocycles. The van der Waals surface area contributed by atoms with E-state index in [2.05, 4.69) is 15.0 Å². The molecule has 5 nitrogen and oxygen atoms in total. The van der Waals surface area contributed by atoms with Crippen molar-refractivity contribution in [3.05, 3.63) is 17.8 Å². The average molecular weight is 534 g/mol. The van der Waals surface area contributed by atoms with Crippen molar-refractivity contribution < 1.29 is 69.4 Å². The topological polar surface area (TPSA) is 48.5 Å². The molecule has 3 rings (SSSR count). The summed E-state index contributed by atoms with van der Waals surface area (Å²) in [6.07, 6.45) is -5.19. The molecule has 0 fully saturated rings. The van der Waals surface area contributed by atoms with Crippen LogP contribution in [0.1, 0.15) is 12.5 Å². The van der Waals surface area contributed by atoms with Crippen molar-refractivity contribution in [1.82, 2.24) is 24.1 Å². The smallest absolute Gasteiger partial charge is 1.00 e. The second-order valence-corrected chi connectivity index (χ2v) is 10.5. The van der Waals surface area contributed by atoms with Crippen molar-refractivity contribution in [3.8, 4) is 11.5 Å². The maximum absolute atomic E-state index is 13.7. The van der Waals surface area contributed by atoms with Gasteiger partial charge in [-0.05, 0) is 0 Å². The predicted molar refractivity (Wildman–Crippen MR) is 92.5 cm³/mol. The van der Waals surface area contributed by atoms with Crippen LogP contribution >= 0.6 is 21.5 Å². The van der Waals surface area contributed by atoms with E-state index >= 15 is 0 Å². The Morgan fingerprint density at radius 3 is 2.30 bits per heavy atom. The van der Waals surface area contributed by atoms with E-state index in [-0.39, 0.29) is 42.4 Å². The number of alkyl halides is 5. The normalized spacial score (nSPS) is 11.8. The Bertz CT molecular complexity index is 1040. The first-order valence-electron chi connectivity index (χ1n) is 8.05. The number of imidazole rings is 2. The van der Waals surface area contributed by atoms with E-state index in [0.29, 0.717) is 17.7 Å². The minimum absolute atomic E-state index is 0. The number of pyridine rings is 1. The molecule has 0 N–H and O–H groups in total. The molecule has 156 valence electrons. The Morgan fingerprint density at radius 2 is 1.77 bits per heavy atom. The first kappa shape index (κ1) is 27.7. The summed E-state index contributed by atoms with van der Waals surface area (Å²) < 4.78 is 69.5. The standard InChI is InChI=1S/C15H13F5N5S.2ClH.Li.Zn/c1-4-26-13-10(22-7-24(13)2)12-23-9-5-8(6-21-11(9)25(12)3)14(16,17)15(18,19)20;;;;/h5-6H,4H2,1-3H3;2*1H;;/q;;;2*+1/p-2. The van der Waals surface area contributed by atoms with Gasteiger partial charge in [-0.25, -0.2) is 0 Å². The third kappa shape index (κ3) is 4.69. The number of fused-ring (bicyclic) bond motifs is 1. The van der Waals surface area contributed by atoms with Gasteiger partial charge < -0.3 is 12.4 Å². The molecule has 0 saturated carbocycles. The molecule has 0 aliphatic heterocycles. The van der Waals surface area contributed by atoms with Crippen LogP contribution in [0.2, 0.25) is 0 Å². The molecule has 0 unspecified atom stereocenters. The number of nitrogens with zero attached hydrogens (tertiary/aromatic N) is 5. The fourth-order valence-corrected chi connectivity index (χ4v) is 6.21. The zero-order valence-electron chi connectivity index (χ0n) is 16.4. The molecule has 0 atom stereocenters. The van der Waals surface area contributed by atoms with Crippen LogP contribution in [0.5, 0.6) is 0 Å². The quantitative estimate of drug-likeness (QED) is 0.217. The molecule has 0 spiro atoms. The summed E-state index contributed by atoms with van der Waals surface area (Å²) in [6.45, 7) is 1.96. The SMILES string of the molecule is CCSc1c(-c2nc3cc(C(F)(F)C(F)(F)F)cnc3n2C)n[c]([Zn][Cl])n1C.[Cl-].[Li+]. The Labute approximate surface area is 202 Å². The first-order valence-corrected chi connectivity index (χ1v) is 14.4. The van der Waals surface area contributed by atoms with Crippen LogP contribution in [-0.4, -0.2) is 36.0 Å². The minimum atomic E-state index is -5.71. The Morgan fingerprint density at radius 1 is 1.13 bits per heavy atom. The number of hydrogen-bond donors (Lipinski definition) is 0. The average Bonchev–Trinajstić information content (AvgIpc) is 3.11. The van der Waals surface area contributed by atoms with Gasteiger partial charge in [0, 0.05) is 0 Å². The van der Waals surface area contributed by atoms with Crippen LogP contribution in [0.3, 0.4) is 0 Å². The van der Waals surface area contributed by atoms with Crippen LogP contribution in [0.4, 0.5) is 22.0 Å². The third-order valence-electron chi connectivity index (χ3n) is 4.18. The fourth-order valence-electron chi connectivity index (χ4n) is 2.72. The van der Waals surface area contributed by atoms with Crippen LogP contribution in [-0.2, 0) is 36.2 Å². The van der Waals surface area contributed by atoms with Crippen LogP contribution < -0.4 is 35.7 Å². The molecule has 15 heteroatoms. The number of thioether (sulfide) groups is 1. The van der Waals surface area contributed by atoms with Gasteiger partial charge in [0.1, 0.15) is 0 Å². The third-order valence-corrected chi connectivity index (χ3v) is 8.28. The van der Waals surface area contributed by atoms with Gasteiger partial charge in [0.15, 0.2) is 0 Å². The van der Waals surface area contributed by atoms with Gasteiger partial charge >= 0.3 is 191 Å². The molecule has 0 aliphatic rings. The first-order chi connectivity index (χ1) is 13.0. The van der Waals surface area contributed by atoms with Gasteiger partial charge in [0.2, 0.25) is 0 Å². The molecule has 0 bridgehead atoms. The summed E-state index contributed by atoms with van der Waals surface area (Å²) in [7, 11) is 9.54. The maximum atomic E-state index is 13.7. The number of halogens is 7. The van der Waals surface area contributed by atoms with E-state index in [4.69, 9.17) is 9.69 Å². The van der Waals surface area contributed by atoms with E-state index in [0.717, 1.165) is 21.3 Å². The predicted octanol–water partition coefficient (Wildman–Crippen LogP) is -2.00. The Hall–Kier alpha value is -0.369. The van der Waals surface area contributed by atoms with Crippen molar-refractivity contribution in [1.29, 1.82) is 0 Å². The van der Waals surface area contributed by atoms with E-state index in [9.17, 15) is 22.0 Å². The zero-order valence-corrected chi connectivity index (χ0v) is 21.7. The molecule has 30 heavy (non-hydrogen) atoms. The molecule has 0 saturated heterocycles. The van der Waals surface area contributed by atoms with Crippen LogP contribution in [0, 0.1) is 0 Å². The maximum Gasteiger partial charge on any atom is 1.00 e. The van der Waals surface area contributed by atoms with Crippen molar-refractivity contribution in [3.63, 3.8) is 0 Å². The summed E-state index contributed by atoms with van der Waals surface area (Å²) >= 11 is -0.0307. The van der Waals surface area contributed by atoms with E-state index in [1.807, 2.05) is 18.5 Å². The van der Waals surface area contributed by atoms with Gasteiger partial charge in [0.05, 0.1) is 0 Å². The Balaban J connectivity index is 0.00000225. The monoisotopic (exact) mass is 531 g/mol. The largest absolute Gasteiger partial charge is 1.00 e. The molecule has 3 aromatic rings. The number of aryl methyl sites for hydroxylation is 1. The van der Waals surface area contributed by atoms with Gasteiger partial charge in [0.25, 0.3) is 0 Å². The molecular weight excluding hydrogens is 520 g/mol. The number of aromatic nitrogens is 5. The van der Waals surface area contributed by atoms with Crippen molar-refractivity contribution >= 4 is 37.0 Å². The van der Waals surface area contributed by atoms with Gasteiger partial charge in [-0.15, -0.1) is 0 Å². The zero-order chi connectivity index (χ0) is 20.9. The van der Waals surface area contributed by atoms with Crippen LogP contribution in [0.15, 0.2) is 17.3 Å². The minimum Gasteiger partial charge on any atom is -1.00 e. The summed E-state index contributed by atoms with van der Waals surface area (Å²) in [4.78, 5) is 12.6. The van der Waals surface area contributed by atoms with Gasteiger partial charge in [-0.2, -0.15) is 0 Å². The van der Waals surface area contributed by atoms with E-state index in [1.165, 1.54) is 16.3 Å².